The summed E-state index contributed by atoms with van der Waals surface area (Å²) in [5.74, 6) is -5.30. The first-order valence-electron chi connectivity index (χ1n) is 12.3. The Bertz CT molecular complexity index is 1680. The van der Waals surface area contributed by atoms with Crippen molar-refractivity contribution in [3.05, 3.63) is 129 Å². The van der Waals surface area contributed by atoms with Crippen LogP contribution in [0.15, 0.2) is 97.1 Å². The Hall–Kier alpha value is -5.44. The fourth-order valence-electron chi connectivity index (χ4n) is 4.78. The number of Topliss-reactive ketones (excluding diaryl/α,β-unsaturated/α-hetero) is 2. The number of hydrogen-bond acceptors (Lipinski definition) is 7. The number of anilines is 1. The molecule has 9 nitrogen and oxygen atoms in total. The highest BCUT2D eigenvalue weighted by molar-refractivity contribution is 6.45. The minimum Gasteiger partial charge on any atom is -0.453 e. The zero-order valence-electron chi connectivity index (χ0n) is 21.2. The van der Waals surface area contributed by atoms with Gasteiger partial charge in [-0.25, -0.2) is 4.79 Å². The number of carbonyl (C=O) groups is 4. The summed E-state index contributed by atoms with van der Waals surface area (Å²) >= 11 is 0. The fraction of sp³-hybridized carbons (Fsp3) is 0.0968. The number of non-ortho nitro benzene ring substituents is 1. The monoisotopic (exact) mass is 534 g/mol. The zero-order chi connectivity index (χ0) is 28.4. The quantitative estimate of drug-likeness (QED) is 0.0789. The molecular weight excluding hydrogens is 512 g/mol. The maximum absolute atomic E-state index is 14.2. The molecule has 9 heteroatoms. The third-order valence-electron chi connectivity index (χ3n) is 6.76. The van der Waals surface area contributed by atoms with Crippen LogP contribution >= 0.6 is 0 Å². The molecule has 1 aliphatic rings. The van der Waals surface area contributed by atoms with Crippen molar-refractivity contribution in [1.82, 2.24) is 0 Å². The molecule has 0 unspecified atom stereocenters. The smallest absolute Gasteiger partial charge is 0.339 e. The normalized spacial score (nSPS) is 14.5. The largest absolute Gasteiger partial charge is 0.453 e. The Morgan fingerprint density at radius 3 is 2.23 bits per heavy atom. The molecule has 1 heterocycles. The van der Waals surface area contributed by atoms with Crippen molar-refractivity contribution in [1.29, 1.82) is 0 Å². The molecule has 0 aliphatic carbocycles. The maximum Gasteiger partial charge on any atom is 0.339 e. The first kappa shape index (κ1) is 26.2. The van der Waals surface area contributed by atoms with Crippen LogP contribution in [0.4, 0.5) is 11.4 Å². The summed E-state index contributed by atoms with van der Waals surface area (Å²) in [6.07, 6.45) is -1.32. The number of rotatable bonds is 8. The van der Waals surface area contributed by atoms with Crippen molar-refractivity contribution in [3.8, 4) is 11.1 Å². The average Bonchev–Trinajstić information content (AvgIpc) is 3.30. The number of esters is 1. The number of benzene rings is 4. The molecule has 1 amide bonds. The average molecular weight is 535 g/mol. The molecule has 5 rings (SSSR count). The van der Waals surface area contributed by atoms with Gasteiger partial charge in [0.2, 0.25) is 5.78 Å². The van der Waals surface area contributed by atoms with Gasteiger partial charge in [-0.05, 0) is 35.7 Å². The number of nitro benzene ring substituents is 1. The van der Waals surface area contributed by atoms with Gasteiger partial charge in [0.25, 0.3) is 11.6 Å². The molecule has 1 N–H and O–H groups in total. The first-order valence-corrected chi connectivity index (χ1v) is 12.3. The fourth-order valence-corrected chi connectivity index (χ4v) is 4.78. The lowest BCUT2D eigenvalue weighted by Crippen LogP contribution is -2.38. The standard InChI is InChI=1S/C31H22N2O7/c1-18-17-20(33(38)39)15-16-25(18)32-30(36)28(35)26(29-23-13-7-8-14-24(23)31(37)40-29)27(34)22-12-6-5-11-21(22)19-9-3-2-4-10-19/h2-17,26,29H,1H3,(H,32,36)/t26-,29-/m0/s1. The molecule has 0 spiro atoms. The highest BCUT2D eigenvalue weighted by Gasteiger charge is 2.46. The number of aryl methyl sites for hydroxylation is 1. The number of nitrogens with one attached hydrogen (secondary N) is 1. The van der Waals surface area contributed by atoms with E-state index in [0.29, 0.717) is 16.7 Å². The van der Waals surface area contributed by atoms with Crippen LogP contribution in [0.5, 0.6) is 0 Å². The summed E-state index contributed by atoms with van der Waals surface area (Å²) in [6, 6.07) is 26.0. The summed E-state index contributed by atoms with van der Waals surface area (Å²) in [6.45, 7) is 1.54. The van der Waals surface area contributed by atoms with Crippen LogP contribution in [0.2, 0.25) is 0 Å². The van der Waals surface area contributed by atoms with Gasteiger partial charge in [-0.15, -0.1) is 0 Å². The molecule has 40 heavy (non-hydrogen) atoms. The zero-order valence-corrected chi connectivity index (χ0v) is 21.2. The number of carbonyl (C=O) groups excluding carboxylic acids is 4. The highest BCUT2D eigenvalue weighted by Crippen LogP contribution is 2.39. The topological polar surface area (TPSA) is 133 Å². The summed E-state index contributed by atoms with van der Waals surface area (Å²) < 4.78 is 5.53. The number of nitrogens with zero attached hydrogens (tertiary/aromatic N) is 1. The van der Waals surface area contributed by atoms with Crippen molar-refractivity contribution < 1.29 is 28.8 Å². The number of hydrogen-bond donors (Lipinski definition) is 1. The van der Waals surface area contributed by atoms with Crippen LogP contribution in [0.25, 0.3) is 11.1 Å². The SMILES string of the molecule is Cc1cc([N+](=O)[O-])ccc1NC(=O)C(=O)[C@H](C(=O)c1ccccc1-c1ccccc1)[C@H]1OC(=O)c2ccccc21. The van der Waals surface area contributed by atoms with Crippen LogP contribution in [-0.4, -0.2) is 28.4 Å². The Morgan fingerprint density at radius 1 is 0.875 bits per heavy atom. The predicted octanol–water partition coefficient (Wildman–Crippen LogP) is 5.49. The highest BCUT2D eigenvalue weighted by atomic mass is 16.6. The van der Waals surface area contributed by atoms with E-state index in [-0.39, 0.29) is 22.5 Å². The molecule has 4 aromatic carbocycles. The Labute approximate surface area is 228 Å². The molecular formula is C31H22N2O7. The van der Waals surface area contributed by atoms with Crippen LogP contribution in [0, 0.1) is 23.0 Å². The van der Waals surface area contributed by atoms with E-state index in [9.17, 15) is 29.3 Å². The number of fused-ring (bicyclic) bond motifs is 1. The summed E-state index contributed by atoms with van der Waals surface area (Å²) in [4.78, 5) is 64.4. The van der Waals surface area contributed by atoms with Crippen molar-refractivity contribution in [2.24, 2.45) is 5.92 Å². The van der Waals surface area contributed by atoms with Gasteiger partial charge in [0.1, 0.15) is 12.0 Å². The van der Waals surface area contributed by atoms with Crippen molar-refractivity contribution >= 4 is 34.8 Å². The minimum absolute atomic E-state index is 0.170. The second-order valence-electron chi connectivity index (χ2n) is 9.24. The lowest BCUT2D eigenvalue weighted by molar-refractivity contribution is -0.384. The van der Waals surface area contributed by atoms with E-state index in [1.54, 1.807) is 49.4 Å². The Kier molecular flexibility index (Phi) is 7.03. The van der Waals surface area contributed by atoms with E-state index in [2.05, 4.69) is 5.32 Å². The lowest BCUT2D eigenvalue weighted by Gasteiger charge is -2.22. The molecule has 0 bridgehead atoms. The molecule has 0 aromatic heterocycles. The first-order chi connectivity index (χ1) is 19.3. The van der Waals surface area contributed by atoms with Crippen LogP contribution in [0.1, 0.15) is 37.9 Å². The Balaban J connectivity index is 1.56. The molecule has 1 aliphatic heterocycles. The van der Waals surface area contributed by atoms with Crippen LogP contribution < -0.4 is 5.32 Å². The molecule has 198 valence electrons. The summed E-state index contributed by atoms with van der Waals surface area (Å²) in [7, 11) is 0. The molecule has 0 fully saturated rings. The minimum atomic E-state index is -1.68. The van der Waals surface area contributed by atoms with Gasteiger partial charge in [-0.3, -0.25) is 24.5 Å². The Morgan fingerprint density at radius 2 is 1.52 bits per heavy atom. The molecule has 0 saturated carbocycles. The van der Waals surface area contributed by atoms with Crippen LogP contribution in [-0.2, 0) is 14.3 Å². The number of ketones is 2. The van der Waals surface area contributed by atoms with E-state index in [1.807, 2.05) is 30.3 Å². The lowest BCUT2D eigenvalue weighted by atomic mass is 9.82. The van der Waals surface area contributed by atoms with Crippen molar-refractivity contribution in [3.63, 3.8) is 0 Å². The molecule has 0 radical (unpaired) electrons. The van der Waals surface area contributed by atoms with Gasteiger partial charge in [0, 0.05) is 28.9 Å². The van der Waals surface area contributed by atoms with E-state index < -0.39 is 40.4 Å². The van der Waals surface area contributed by atoms with Crippen LogP contribution in [0.3, 0.4) is 0 Å². The maximum atomic E-state index is 14.2. The second kappa shape index (κ2) is 10.7. The molecule has 2 atom stereocenters. The molecule has 0 saturated heterocycles. The molecule has 4 aromatic rings. The number of cyclic esters (lactones) is 1. The van der Waals surface area contributed by atoms with Gasteiger partial charge in [-0.2, -0.15) is 0 Å². The van der Waals surface area contributed by atoms with Crippen molar-refractivity contribution in [2.45, 2.75) is 13.0 Å². The number of ether oxygens (including phenoxy) is 1. The van der Waals surface area contributed by atoms with Gasteiger partial charge in [-0.1, -0.05) is 72.8 Å². The number of amides is 1. The van der Waals surface area contributed by atoms with E-state index in [4.69, 9.17) is 4.74 Å². The van der Waals surface area contributed by atoms with Crippen molar-refractivity contribution in [2.75, 3.05) is 5.32 Å². The van der Waals surface area contributed by atoms with Gasteiger partial charge in [0.05, 0.1) is 10.5 Å². The third-order valence-corrected chi connectivity index (χ3v) is 6.76. The second-order valence-corrected chi connectivity index (χ2v) is 9.24. The number of nitro groups is 1. The summed E-state index contributed by atoms with van der Waals surface area (Å²) in [5.41, 5.74) is 2.35. The van der Waals surface area contributed by atoms with E-state index in [0.717, 1.165) is 5.56 Å². The predicted molar refractivity (Wildman–Crippen MR) is 146 cm³/mol. The van der Waals surface area contributed by atoms with Gasteiger partial charge < -0.3 is 10.1 Å². The van der Waals surface area contributed by atoms with E-state index in [1.165, 1.54) is 24.3 Å². The van der Waals surface area contributed by atoms with E-state index >= 15 is 0 Å². The van der Waals surface area contributed by atoms with Gasteiger partial charge >= 0.3 is 5.97 Å². The third kappa shape index (κ3) is 4.88. The summed E-state index contributed by atoms with van der Waals surface area (Å²) in [5, 5.41) is 13.5. The van der Waals surface area contributed by atoms with Gasteiger partial charge in [0.15, 0.2) is 5.78 Å².